The highest BCUT2D eigenvalue weighted by Crippen LogP contribution is 2.45. The number of hydrogen-bond acceptors (Lipinski definition) is 1. The first-order valence-electron chi connectivity index (χ1n) is 4.85. The topological polar surface area (TPSA) is 20.2 Å². The number of rotatable bonds is 0. The zero-order valence-corrected chi connectivity index (χ0v) is 9.53. The third kappa shape index (κ3) is 1.18. The highest BCUT2D eigenvalue weighted by Gasteiger charge is 2.27. The van der Waals surface area contributed by atoms with Crippen molar-refractivity contribution in [2.24, 2.45) is 0 Å². The first-order chi connectivity index (χ1) is 7.29. The van der Waals surface area contributed by atoms with Gasteiger partial charge in [0.25, 0.3) is 0 Å². The normalized spacial score (nSPS) is 17.3. The van der Waals surface area contributed by atoms with Gasteiger partial charge in [-0.3, -0.25) is 0 Å². The van der Waals surface area contributed by atoms with Gasteiger partial charge < -0.3 is 5.11 Å². The Hall–Kier alpha value is -1.12. The first kappa shape index (κ1) is 9.13. The molecule has 2 aromatic rings. The van der Waals surface area contributed by atoms with Gasteiger partial charge in [-0.05, 0) is 22.8 Å². The summed E-state index contributed by atoms with van der Waals surface area (Å²) in [6, 6.07) is 14.0. The maximum absolute atomic E-state index is 10.2. The molecule has 0 amide bonds. The minimum Gasteiger partial charge on any atom is -0.384 e. The summed E-state index contributed by atoms with van der Waals surface area (Å²) in [5.74, 6) is 0. The van der Waals surface area contributed by atoms with Gasteiger partial charge in [-0.25, -0.2) is 0 Å². The van der Waals surface area contributed by atoms with E-state index in [1.165, 1.54) is 0 Å². The summed E-state index contributed by atoms with van der Waals surface area (Å²) < 4.78 is 0.976. The van der Waals surface area contributed by atoms with Gasteiger partial charge in [0, 0.05) is 10.0 Å². The Labute approximate surface area is 96.5 Å². The van der Waals surface area contributed by atoms with Gasteiger partial charge >= 0.3 is 0 Å². The van der Waals surface area contributed by atoms with Crippen molar-refractivity contribution >= 4 is 15.9 Å². The molecule has 0 spiro atoms. The van der Waals surface area contributed by atoms with E-state index in [1.807, 2.05) is 30.3 Å². The van der Waals surface area contributed by atoms with Gasteiger partial charge in [0.05, 0.1) is 0 Å². The molecule has 2 aromatic carbocycles. The highest BCUT2D eigenvalue weighted by molar-refractivity contribution is 9.10. The van der Waals surface area contributed by atoms with Crippen LogP contribution in [0.3, 0.4) is 0 Å². The molecule has 2 heteroatoms. The lowest BCUT2D eigenvalue weighted by Crippen LogP contribution is -1.94. The lowest BCUT2D eigenvalue weighted by Gasteiger charge is -2.06. The fraction of sp³-hybridized carbons (Fsp3) is 0.0769. The average Bonchev–Trinajstić information content (AvgIpc) is 2.55. The van der Waals surface area contributed by atoms with E-state index in [2.05, 4.69) is 28.1 Å². The van der Waals surface area contributed by atoms with Crippen LogP contribution in [0.1, 0.15) is 17.2 Å². The molecule has 0 fully saturated rings. The molecule has 74 valence electrons. The molecule has 3 rings (SSSR count). The molecule has 0 aliphatic heterocycles. The van der Waals surface area contributed by atoms with E-state index in [-0.39, 0.29) is 0 Å². The van der Waals surface area contributed by atoms with Gasteiger partial charge in [-0.15, -0.1) is 0 Å². The molecule has 1 nitrogen and oxygen atoms in total. The van der Waals surface area contributed by atoms with E-state index in [0.717, 1.165) is 26.7 Å². The number of aliphatic hydroxyl groups excluding tert-OH is 1. The highest BCUT2D eigenvalue weighted by atomic mass is 79.9. The molecular formula is C13H9BrO. The molecule has 0 heterocycles. The molecule has 1 atom stereocenters. The second-order valence-corrected chi connectivity index (χ2v) is 4.55. The van der Waals surface area contributed by atoms with E-state index in [4.69, 9.17) is 0 Å². The standard InChI is InChI=1S/C13H9BrO/c14-11-7-3-6-9-8-4-1-2-5-10(8)13(15)12(9)11/h1-7,13,15H. The van der Waals surface area contributed by atoms with Crippen LogP contribution in [0, 0.1) is 0 Å². The summed E-state index contributed by atoms with van der Waals surface area (Å²) in [5.41, 5.74) is 4.26. The Morgan fingerprint density at radius 2 is 1.67 bits per heavy atom. The van der Waals surface area contributed by atoms with E-state index in [0.29, 0.717) is 0 Å². The maximum atomic E-state index is 10.2. The second kappa shape index (κ2) is 3.19. The van der Waals surface area contributed by atoms with Gasteiger partial charge in [-0.1, -0.05) is 52.3 Å². The van der Waals surface area contributed by atoms with Crippen LogP contribution in [-0.4, -0.2) is 5.11 Å². The number of fused-ring (bicyclic) bond motifs is 3. The molecule has 0 aromatic heterocycles. The van der Waals surface area contributed by atoms with Gasteiger partial charge in [0.15, 0.2) is 0 Å². The monoisotopic (exact) mass is 260 g/mol. The van der Waals surface area contributed by atoms with Crippen LogP contribution < -0.4 is 0 Å². The maximum Gasteiger partial charge on any atom is 0.106 e. The first-order valence-corrected chi connectivity index (χ1v) is 5.64. The summed E-state index contributed by atoms with van der Waals surface area (Å²) in [6.07, 6.45) is -0.494. The quantitative estimate of drug-likeness (QED) is 0.769. The van der Waals surface area contributed by atoms with Crippen LogP contribution in [0.15, 0.2) is 46.9 Å². The summed E-state index contributed by atoms with van der Waals surface area (Å²) in [4.78, 5) is 0. The number of halogens is 1. The zero-order chi connectivity index (χ0) is 10.4. The third-order valence-electron chi connectivity index (χ3n) is 2.87. The van der Waals surface area contributed by atoms with Crippen molar-refractivity contribution in [1.82, 2.24) is 0 Å². The molecule has 1 aliphatic carbocycles. The predicted octanol–water partition coefficient (Wildman–Crippen LogP) is 3.51. The smallest absolute Gasteiger partial charge is 0.106 e. The van der Waals surface area contributed by atoms with E-state index >= 15 is 0 Å². The lowest BCUT2D eigenvalue weighted by atomic mass is 10.1. The molecule has 0 bridgehead atoms. The Balaban J connectivity index is 2.37. The Kier molecular flexibility index (Phi) is 1.94. The Morgan fingerprint density at radius 1 is 0.933 bits per heavy atom. The van der Waals surface area contributed by atoms with E-state index in [9.17, 15) is 5.11 Å². The molecule has 15 heavy (non-hydrogen) atoms. The second-order valence-electron chi connectivity index (χ2n) is 3.69. The molecule has 0 saturated carbocycles. The molecular weight excluding hydrogens is 252 g/mol. The summed E-state index contributed by atoms with van der Waals surface area (Å²) in [5, 5.41) is 10.2. The number of aliphatic hydroxyl groups is 1. The van der Waals surface area contributed by atoms with Crippen molar-refractivity contribution in [3.8, 4) is 11.1 Å². The van der Waals surface area contributed by atoms with Crippen LogP contribution in [0.5, 0.6) is 0 Å². The van der Waals surface area contributed by atoms with Crippen LogP contribution in [0.2, 0.25) is 0 Å². The molecule has 1 aliphatic rings. The van der Waals surface area contributed by atoms with Crippen molar-refractivity contribution in [3.63, 3.8) is 0 Å². The largest absolute Gasteiger partial charge is 0.384 e. The molecule has 0 saturated heterocycles. The fourth-order valence-corrected chi connectivity index (χ4v) is 2.77. The minimum atomic E-state index is -0.494. The molecule has 1 unspecified atom stereocenters. The van der Waals surface area contributed by atoms with Crippen LogP contribution in [-0.2, 0) is 0 Å². The van der Waals surface area contributed by atoms with Crippen molar-refractivity contribution in [3.05, 3.63) is 58.1 Å². The number of benzene rings is 2. The lowest BCUT2D eigenvalue weighted by molar-refractivity contribution is 0.224. The summed E-state index contributed by atoms with van der Waals surface area (Å²) >= 11 is 3.49. The predicted molar refractivity (Wildman–Crippen MR) is 63.6 cm³/mol. The third-order valence-corrected chi connectivity index (χ3v) is 3.56. The van der Waals surface area contributed by atoms with Crippen molar-refractivity contribution in [2.75, 3.05) is 0 Å². The van der Waals surface area contributed by atoms with Gasteiger partial charge in [0.1, 0.15) is 6.10 Å². The summed E-state index contributed by atoms with van der Waals surface area (Å²) in [6.45, 7) is 0. The van der Waals surface area contributed by atoms with Crippen molar-refractivity contribution < 1.29 is 5.11 Å². The van der Waals surface area contributed by atoms with Crippen LogP contribution >= 0.6 is 15.9 Å². The Morgan fingerprint density at radius 3 is 2.53 bits per heavy atom. The SMILES string of the molecule is OC1c2ccccc2-c2cccc(Br)c21. The van der Waals surface area contributed by atoms with E-state index in [1.54, 1.807) is 0 Å². The van der Waals surface area contributed by atoms with Crippen molar-refractivity contribution in [2.45, 2.75) is 6.10 Å². The number of hydrogen-bond donors (Lipinski definition) is 1. The zero-order valence-electron chi connectivity index (χ0n) is 7.94. The van der Waals surface area contributed by atoms with Crippen LogP contribution in [0.25, 0.3) is 11.1 Å². The average molecular weight is 261 g/mol. The van der Waals surface area contributed by atoms with Gasteiger partial charge in [0.2, 0.25) is 0 Å². The molecule has 1 N–H and O–H groups in total. The molecule has 0 radical (unpaired) electrons. The fourth-order valence-electron chi connectivity index (χ4n) is 2.19. The van der Waals surface area contributed by atoms with E-state index < -0.39 is 6.10 Å². The van der Waals surface area contributed by atoms with Crippen LogP contribution in [0.4, 0.5) is 0 Å². The summed E-state index contributed by atoms with van der Waals surface area (Å²) in [7, 11) is 0. The van der Waals surface area contributed by atoms with Crippen molar-refractivity contribution in [1.29, 1.82) is 0 Å². The Bertz CT molecular complexity index is 534. The van der Waals surface area contributed by atoms with Gasteiger partial charge in [-0.2, -0.15) is 0 Å². The minimum absolute atomic E-state index is 0.494.